The van der Waals surface area contributed by atoms with Crippen molar-refractivity contribution in [1.82, 2.24) is 4.98 Å². The highest BCUT2D eigenvalue weighted by atomic mass is 35.5. The van der Waals surface area contributed by atoms with Gasteiger partial charge < -0.3 is 10.6 Å². The first kappa shape index (κ1) is 11.4. The average molecular weight is 240 g/mol. The standard InChI is InChI=1S/C11H14ClN3O/c1-7-2-9(5-14-11(7)12)15-6-8(4-13)3-10(15)16/h2,5,8H,3-4,6,13H2,1H3. The molecule has 16 heavy (non-hydrogen) atoms. The fourth-order valence-corrected chi connectivity index (χ4v) is 1.98. The molecule has 1 saturated heterocycles. The molecule has 1 aliphatic rings. The van der Waals surface area contributed by atoms with Crippen molar-refractivity contribution < 1.29 is 4.79 Å². The van der Waals surface area contributed by atoms with E-state index < -0.39 is 0 Å². The molecule has 1 atom stereocenters. The molecule has 86 valence electrons. The molecule has 1 aromatic rings. The van der Waals surface area contributed by atoms with E-state index in [0.717, 1.165) is 11.3 Å². The molecule has 0 saturated carbocycles. The van der Waals surface area contributed by atoms with Crippen molar-refractivity contribution in [3.63, 3.8) is 0 Å². The van der Waals surface area contributed by atoms with Crippen molar-refractivity contribution in [2.24, 2.45) is 11.7 Å². The minimum atomic E-state index is 0.110. The zero-order valence-electron chi connectivity index (χ0n) is 9.11. The molecule has 0 aliphatic carbocycles. The third-order valence-corrected chi connectivity index (χ3v) is 3.25. The Bertz CT molecular complexity index is 422. The van der Waals surface area contributed by atoms with Gasteiger partial charge in [0.25, 0.3) is 0 Å². The molecule has 2 heterocycles. The predicted molar refractivity (Wildman–Crippen MR) is 63.5 cm³/mol. The van der Waals surface area contributed by atoms with Gasteiger partial charge in [0.2, 0.25) is 5.91 Å². The molecule has 1 aromatic heterocycles. The number of nitrogens with zero attached hydrogens (tertiary/aromatic N) is 2. The number of carbonyl (C=O) groups excluding carboxylic acids is 1. The lowest BCUT2D eigenvalue weighted by Crippen LogP contribution is -2.25. The SMILES string of the molecule is Cc1cc(N2CC(CN)CC2=O)cnc1Cl. The minimum absolute atomic E-state index is 0.110. The van der Waals surface area contributed by atoms with Crippen LogP contribution in [0.3, 0.4) is 0 Å². The highest BCUT2D eigenvalue weighted by molar-refractivity contribution is 6.30. The molecule has 0 radical (unpaired) electrons. The van der Waals surface area contributed by atoms with Crippen LogP contribution in [0.25, 0.3) is 0 Å². The second kappa shape index (κ2) is 4.39. The van der Waals surface area contributed by atoms with Gasteiger partial charge >= 0.3 is 0 Å². The average Bonchev–Trinajstić information content (AvgIpc) is 2.64. The Morgan fingerprint density at radius 2 is 2.44 bits per heavy atom. The summed E-state index contributed by atoms with van der Waals surface area (Å²) in [4.78, 5) is 17.5. The molecule has 5 heteroatoms. The van der Waals surface area contributed by atoms with Gasteiger partial charge in [-0.1, -0.05) is 11.6 Å². The van der Waals surface area contributed by atoms with E-state index in [1.165, 1.54) is 0 Å². The Labute approximate surface area is 99.4 Å². The fourth-order valence-electron chi connectivity index (χ4n) is 1.88. The molecular formula is C11H14ClN3O. The molecule has 1 unspecified atom stereocenters. The summed E-state index contributed by atoms with van der Waals surface area (Å²) in [5, 5.41) is 0.478. The second-order valence-electron chi connectivity index (χ2n) is 4.11. The lowest BCUT2D eigenvalue weighted by molar-refractivity contribution is -0.117. The van der Waals surface area contributed by atoms with E-state index in [4.69, 9.17) is 17.3 Å². The first-order valence-corrected chi connectivity index (χ1v) is 5.62. The van der Waals surface area contributed by atoms with Crippen LogP contribution in [0.2, 0.25) is 5.15 Å². The maximum absolute atomic E-state index is 11.7. The van der Waals surface area contributed by atoms with Crippen molar-refractivity contribution in [3.8, 4) is 0 Å². The number of nitrogens with two attached hydrogens (primary N) is 1. The third kappa shape index (κ3) is 2.03. The van der Waals surface area contributed by atoms with Gasteiger partial charge in [-0.2, -0.15) is 0 Å². The van der Waals surface area contributed by atoms with Crippen LogP contribution in [0.5, 0.6) is 0 Å². The summed E-state index contributed by atoms with van der Waals surface area (Å²) in [5.74, 6) is 0.363. The van der Waals surface area contributed by atoms with Gasteiger partial charge in [0, 0.05) is 13.0 Å². The lowest BCUT2D eigenvalue weighted by atomic mass is 10.1. The second-order valence-corrected chi connectivity index (χ2v) is 4.47. The van der Waals surface area contributed by atoms with Gasteiger partial charge in [-0.3, -0.25) is 4.79 Å². The van der Waals surface area contributed by atoms with E-state index >= 15 is 0 Å². The monoisotopic (exact) mass is 239 g/mol. The maximum Gasteiger partial charge on any atom is 0.227 e. The van der Waals surface area contributed by atoms with Crippen molar-refractivity contribution >= 4 is 23.2 Å². The van der Waals surface area contributed by atoms with Crippen molar-refractivity contribution in [2.75, 3.05) is 18.0 Å². The van der Waals surface area contributed by atoms with Crippen LogP contribution in [-0.2, 0) is 4.79 Å². The van der Waals surface area contributed by atoms with Crippen molar-refractivity contribution in [1.29, 1.82) is 0 Å². The van der Waals surface area contributed by atoms with Gasteiger partial charge in [-0.05, 0) is 31.0 Å². The fraction of sp³-hybridized carbons (Fsp3) is 0.455. The Morgan fingerprint density at radius 3 is 3.00 bits per heavy atom. The molecule has 4 nitrogen and oxygen atoms in total. The summed E-state index contributed by atoms with van der Waals surface area (Å²) in [6, 6.07) is 1.88. The number of anilines is 1. The Hall–Kier alpha value is -1.13. The van der Waals surface area contributed by atoms with Crippen LogP contribution in [0.4, 0.5) is 5.69 Å². The number of aryl methyl sites for hydroxylation is 1. The van der Waals surface area contributed by atoms with Gasteiger partial charge in [-0.25, -0.2) is 4.98 Å². The topological polar surface area (TPSA) is 59.2 Å². The van der Waals surface area contributed by atoms with Crippen molar-refractivity contribution in [2.45, 2.75) is 13.3 Å². The Kier molecular flexibility index (Phi) is 3.12. The third-order valence-electron chi connectivity index (χ3n) is 2.85. The highest BCUT2D eigenvalue weighted by Crippen LogP contribution is 2.26. The molecule has 1 aliphatic heterocycles. The number of amides is 1. The van der Waals surface area contributed by atoms with E-state index in [-0.39, 0.29) is 11.8 Å². The van der Waals surface area contributed by atoms with E-state index in [2.05, 4.69) is 4.98 Å². The maximum atomic E-state index is 11.7. The summed E-state index contributed by atoms with van der Waals surface area (Å²) in [6.45, 7) is 3.10. The zero-order valence-corrected chi connectivity index (χ0v) is 9.87. The largest absolute Gasteiger partial charge is 0.330 e. The zero-order chi connectivity index (χ0) is 11.7. The van der Waals surface area contributed by atoms with Crippen LogP contribution < -0.4 is 10.6 Å². The number of rotatable bonds is 2. The molecule has 0 bridgehead atoms. The number of pyridine rings is 1. The summed E-state index contributed by atoms with van der Waals surface area (Å²) in [7, 11) is 0. The Morgan fingerprint density at radius 1 is 1.69 bits per heavy atom. The Balaban J connectivity index is 2.24. The number of halogens is 1. The van der Waals surface area contributed by atoms with E-state index in [1.54, 1.807) is 11.1 Å². The van der Waals surface area contributed by atoms with E-state index in [1.807, 2.05) is 13.0 Å². The minimum Gasteiger partial charge on any atom is -0.330 e. The number of carbonyl (C=O) groups is 1. The first-order valence-electron chi connectivity index (χ1n) is 5.24. The molecular weight excluding hydrogens is 226 g/mol. The summed E-state index contributed by atoms with van der Waals surface area (Å²) in [6.07, 6.45) is 2.16. The van der Waals surface area contributed by atoms with Crippen molar-refractivity contribution in [3.05, 3.63) is 23.0 Å². The normalized spacial score (nSPS) is 20.6. The van der Waals surface area contributed by atoms with Crippen LogP contribution in [-0.4, -0.2) is 24.0 Å². The summed E-state index contributed by atoms with van der Waals surface area (Å²) < 4.78 is 0. The molecule has 2 N–H and O–H groups in total. The smallest absolute Gasteiger partial charge is 0.227 e. The quantitative estimate of drug-likeness (QED) is 0.793. The molecule has 1 fully saturated rings. The van der Waals surface area contributed by atoms with Crippen LogP contribution in [0.15, 0.2) is 12.3 Å². The van der Waals surface area contributed by atoms with Gasteiger partial charge in [0.15, 0.2) is 0 Å². The number of hydrogen-bond acceptors (Lipinski definition) is 3. The van der Waals surface area contributed by atoms with Crippen LogP contribution in [0.1, 0.15) is 12.0 Å². The number of aromatic nitrogens is 1. The van der Waals surface area contributed by atoms with Gasteiger partial charge in [0.1, 0.15) is 5.15 Å². The number of hydrogen-bond donors (Lipinski definition) is 1. The van der Waals surface area contributed by atoms with Crippen LogP contribution >= 0.6 is 11.6 Å². The molecule has 1 amide bonds. The molecule has 0 spiro atoms. The molecule has 0 aromatic carbocycles. The van der Waals surface area contributed by atoms with E-state index in [0.29, 0.717) is 24.7 Å². The first-order chi connectivity index (χ1) is 7.61. The highest BCUT2D eigenvalue weighted by Gasteiger charge is 2.29. The summed E-state index contributed by atoms with van der Waals surface area (Å²) in [5.41, 5.74) is 7.26. The predicted octanol–water partition coefficient (Wildman–Crippen LogP) is 1.36. The van der Waals surface area contributed by atoms with E-state index in [9.17, 15) is 4.79 Å². The molecule has 2 rings (SSSR count). The van der Waals surface area contributed by atoms with Gasteiger partial charge in [0.05, 0.1) is 11.9 Å². The summed E-state index contributed by atoms with van der Waals surface area (Å²) >= 11 is 5.85. The lowest BCUT2D eigenvalue weighted by Gasteiger charge is -2.16. The van der Waals surface area contributed by atoms with Crippen LogP contribution in [0, 0.1) is 12.8 Å². The van der Waals surface area contributed by atoms with Gasteiger partial charge in [-0.15, -0.1) is 0 Å².